The molecular weight excluding hydrogens is 431 g/mol. The lowest BCUT2D eigenvalue weighted by Gasteiger charge is -2.28. The molecule has 0 unspecified atom stereocenters. The Morgan fingerprint density at radius 2 is 0.893 bits per heavy atom. The van der Waals surface area contributed by atoms with Gasteiger partial charge in [0.25, 0.3) is 0 Å². The highest BCUT2D eigenvalue weighted by atomic mass is 79.9. The topological polar surface area (TPSA) is 40.5 Å². The van der Waals surface area contributed by atoms with Crippen molar-refractivity contribution in [2.45, 2.75) is 0 Å². The number of benzene rings is 4. The van der Waals surface area contributed by atoms with Gasteiger partial charge in [0.2, 0.25) is 0 Å². The Bertz CT molecular complexity index is 995. The fourth-order valence-electron chi connectivity index (χ4n) is 3.59. The van der Waals surface area contributed by atoms with Crippen molar-refractivity contribution in [3.8, 4) is 11.5 Å². The summed E-state index contributed by atoms with van der Waals surface area (Å²) in [4.78, 5) is 0. The first-order valence-corrected chi connectivity index (χ1v) is 10.6. The molecule has 28 heavy (non-hydrogen) atoms. The molecule has 2 N–H and O–H groups in total. The number of phenols is 2. The highest BCUT2D eigenvalue weighted by molar-refractivity contribution is 8.01. The predicted octanol–water partition coefficient (Wildman–Crippen LogP) is 0.721. The van der Waals surface area contributed by atoms with Crippen molar-refractivity contribution in [2.24, 2.45) is 0 Å². The number of phenolic OH excluding ortho intramolecular Hbond substituents is 2. The first kappa shape index (κ1) is 20.1. The quantitative estimate of drug-likeness (QED) is 0.450. The van der Waals surface area contributed by atoms with Crippen LogP contribution in [0.5, 0.6) is 11.5 Å². The van der Waals surface area contributed by atoms with E-state index >= 15 is 0 Å². The van der Waals surface area contributed by atoms with Gasteiger partial charge >= 0.3 is 0 Å². The maximum atomic E-state index is 10.9. The van der Waals surface area contributed by atoms with Crippen molar-refractivity contribution >= 4 is 28.5 Å². The molecule has 0 spiro atoms. The van der Waals surface area contributed by atoms with Gasteiger partial charge < -0.3 is 27.2 Å². The van der Waals surface area contributed by atoms with Crippen molar-refractivity contribution in [3.05, 3.63) is 109 Å². The van der Waals surface area contributed by atoms with E-state index in [9.17, 15) is 10.2 Å². The van der Waals surface area contributed by atoms with Crippen LogP contribution in [0.4, 0.5) is 0 Å². The van der Waals surface area contributed by atoms with E-state index < -0.39 is 7.26 Å². The molecule has 4 aromatic carbocycles. The first-order valence-electron chi connectivity index (χ1n) is 8.81. The molecule has 4 heteroatoms. The molecule has 0 saturated heterocycles. The van der Waals surface area contributed by atoms with Gasteiger partial charge in [-0.15, -0.1) is 0 Å². The van der Waals surface area contributed by atoms with E-state index in [1.165, 1.54) is 0 Å². The minimum absolute atomic E-state index is 0. The number of hydrogen-bond acceptors (Lipinski definition) is 2. The van der Waals surface area contributed by atoms with Crippen LogP contribution in [0.2, 0.25) is 0 Å². The summed E-state index contributed by atoms with van der Waals surface area (Å²) in [5.74, 6) is 0.516. The molecule has 2 nitrogen and oxygen atoms in total. The van der Waals surface area contributed by atoms with Crippen LogP contribution in [0, 0.1) is 0 Å². The second-order valence-corrected chi connectivity index (χ2v) is 9.72. The molecule has 4 aromatic rings. The molecule has 0 amide bonds. The second kappa shape index (κ2) is 8.60. The third kappa shape index (κ3) is 3.44. The lowest BCUT2D eigenvalue weighted by atomic mass is 10.3. The molecular formula is C24H20BrO2P. The van der Waals surface area contributed by atoms with Gasteiger partial charge in [-0.3, -0.25) is 0 Å². The second-order valence-electron chi connectivity index (χ2n) is 6.35. The van der Waals surface area contributed by atoms with Crippen LogP contribution >= 0.6 is 7.26 Å². The average Bonchev–Trinajstić information content (AvgIpc) is 2.73. The number of aromatic hydroxyl groups is 2. The Balaban J connectivity index is 0.00000225. The first-order chi connectivity index (χ1) is 13.2. The Morgan fingerprint density at radius 3 is 1.39 bits per heavy atom. The largest absolute Gasteiger partial charge is 1.00 e. The molecule has 140 valence electrons. The van der Waals surface area contributed by atoms with Crippen molar-refractivity contribution in [3.63, 3.8) is 0 Å². The van der Waals surface area contributed by atoms with Gasteiger partial charge in [0.15, 0.2) is 11.1 Å². The van der Waals surface area contributed by atoms with Crippen LogP contribution in [-0.2, 0) is 0 Å². The molecule has 0 saturated carbocycles. The Morgan fingerprint density at radius 1 is 0.464 bits per heavy atom. The van der Waals surface area contributed by atoms with Crippen LogP contribution in [0.15, 0.2) is 109 Å². The predicted molar refractivity (Wildman–Crippen MR) is 115 cm³/mol. The summed E-state index contributed by atoms with van der Waals surface area (Å²) >= 11 is 0. The molecule has 0 aliphatic rings. The zero-order chi connectivity index (χ0) is 18.7. The fraction of sp³-hybridized carbons (Fsp3) is 0. The molecule has 0 heterocycles. The van der Waals surface area contributed by atoms with Gasteiger partial charge in [0, 0.05) is 0 Å². The maximum Gasteiger partial charge on any atom is 0.159 e. The van der Waals surface area contributed by atoms with Gasteiger partial charge in [0.05, 0.1) is 0 Å². The smallest absolute Gasteiger partial charge is 0.159 e. The van der Waals surface area contributed by atoms with Gasteiger partial charge in [-0.2, -0.15) is 0 Å². The van der Waals surface area contributed by atoms with Crippen molar-refractivity contribution < 1.29 is 27.2 Å². The zero-order valence-electron chi connectivity index (χ0n) is 15.1. The Hall–Kier alpha value is -2.61. The lowest BCUT2D eigenvalue weighted by molar-refractivity contribution is -0.00000720. The van der Waals surface area contributed by atoms with Crippen molar-refractivity contribution in [1.82, 2.24) is 0 Å². The zero-order valence-corrected chi connectivity index (χ0v) is 17.6. The fourth-order valence-corrected chi connectivity index (χ4v) is 7.88. The van der Waals surface area contributed by atoms with Crippen molar-refractivity contribution in [2.75, 3.05) is 0 Å². The van der Waals surface area contributed by atoms with E-state index in [2.05, 4.69) is 24.3 Å². The van der Waals surface area contributed by atoms with E-state index in [4.69, 9.17) is 0 Å². The molecule has 0 radical (unpaired) electrons. The molecule has 0 aliphatic heterocycles. The summed E-state index contributed by atoms with van der Waals surface area (Å²) in [7, 11) is -2.32. The number of rotatable bonds is 4. The highest BCUT2D eigenvalue weighted by Crippen LogP contribution is 2.55. The lowest BCUT2D eigenvalue weighted by Crippen LogP contribution is -3.00. The molecule has 0 fully saturated rings. The standard InChI is InChI=1S/C24H19O2P.BrH/c25-19-15-17-22(18-16-19)27(20-9-3-1-4-10-20,21-11-5-2-6-12-21)24-14-8-7-13-23(24)26;/h1-18H,(H-,25,26);1H. The van der Waals surface area contributed by atoms with E-state index in [1.54, 1.807) is 18.2 Å². The summed E-state index contributed by atoms with van der Waals surface area (Å²) in [6.07, 6.45) is 0. The molecule has 0 bridgehead atoms. The number of halogens is 1. The number of hydrogen-bond donors (Lipinski definition) is 2. The number of para-hydroxylation sites is 1. The van der Waals surface area contributed by atoms with Crippen LogP contribution in [0.1, 0.15) is 0 Å². The maximum absolute atomic E-state index is 10.9. The summed E-state index contributed by atoms with van der Waals surface area (Å²) in [6, 6.07) is 35.6. The monoisotopic (exact) mass is 450 g/mol. The Labute approximate surface area is 176 Å². The molecule has 4 rings (SSSR count). The summed E-state index contributed by atoms with van der Waals surface area (Å²) in [6.45, 7) is 0. The highest BCUT2D eigenvalue weighted by Gasteiger charge is 2.49. The van der Waals surface area contributed by atoms with Gasteiger partial charge in [0.1, 0.15) is 28.9 Å². The van der Waals surface area contributed by atoms with Crippen LogP contribution in [0.3, 0.4) is 0 Å². The molecule has 0 atom stereocenters. The summed E-state index contributed by atoms with van der Waals surface area (Å²) in [5.41, 5.74) is 0. The third-order valence-corrected chi connectivity index (χ3v) is 9.09. The molecule has 0 aliphatic carbocycles. The molecule has 0 aromatic heterocycles. The summed E-state index contributed by atoms with van der Waals surface area (Å²) in [5, 5.41) is 25.0. The van der Waals surface area contributed by atoms with Gasteiger partial charge in [-0.25, -0.2) is 0 Å². The average molecular weight is 451 g/mol. The van der Waals surface area contributed by atoms with Crippen LogP contribution < -0.4 is 38.2 Å². The van der Waals surface area contributed by atoms with Gasteiger partial charge in [-0.05, 0) is 60.7 Å². The van der Waals surface area contributed by atoms with E-state index in [0.29, 0.717) is 0 Å². The van der Waals surface area contributed by atoms with Crippen LogP contribution in [-0.4, -0.2) is 10.2 Å². The SMILES string of the molecule is Oc1ccc([P+](c2ccccc2)(c2ccccc2)c2ccccc2O)cc1.[Br-]. The third-order valence-electron chi connectivity index (χ3n) is 4.77. The van der Waals surface area contributed by atoms with E-state index in [0.717, 1.165) is 21.2 Å². The van der Waals surface area contributed by atoms with E-state index in [-0.39, 0.29) is 28.5 Å². The Kier molecular flexibility index (Phi) is 6.18. The summed E-state index contributed by atoms with van der Waals surface area (Å²) < 4.78 is 0. The minimum Gasteiger partial charge on any atom is -1.00 e. The normalized spacial score (nSPS) is 10.9. The van der Waals surface area contributed by atoms with Gasteiger partial charge in [-0.1, -0.05) is 48.5 Å². The van der Waals surface area contributed by atoms with Crippen LogP contribution in [0.25, 0.3) is 0 Å². The van der Waals surface area contributed by atoms with E-state index in [1.807, 2.05) is 66.7 Å². The minimum atomic E-state index is -2.32. The van der Waals surface area contributed by atoms with Crippen molar-refractivity contribution in [1.29, 1.82) is 0 Å².